The Balaban J connectivity index is 1.54. The van der Waals surface area contributed by atoms with E-state index in [2.05, 4.69) is 10.6 Å². The first-order chi connectivity index (χ1) is 14.3. The molecule has 7 nitrogen and oxygen atoms in total. The molecule has 0 aromatic heterocycles. The van der Waals surface area contributed by atoms with Crippen molar-refractivity contribution in [1.29, 1.82) is 0 Å². The van der Waals surface area contributed by atoms with Crippen molar-refractivity contribution in [2.45, 2.75) is 37.2 Å². The second-order valence-electron chi connectivity index (χ2n) is 7.24. The molecular formula is C21H24ClN3O4S. The SMILES string of the molecule is Cc1ccc(S(=O)(=O)N2CCCC2CNC(=O)C(=O)NCc2ccc(Cl)cc2)cc1. The topological polar surface area (TPSA) is 95.6 Å². The average molecular weight is 450 g/mol. The zero-order chi connectivity index (χ0) is 21.7. The van der Waals surface area contributed by atoms with Gasteiger partial charge < -0.3 is 10.6 Å². The van der Waals surface area contributed by atoms with Crippen LogP contribution in [0.5, 0.6) is 0 Å². The smallest absolute Gasteiger partial charge is 0.309 e. The van der Waals surface area contributed by atoms with Crippen LogP contribution in [0.1, 0.15) is 24.0 Å². The molecule has 0 aliphatic carbocycles. The van der Waals surface area contributed by atoms with Crippen molar-refractivity contribution in [3.05, 3.63) is 64.7 Å². The number of carbonyl (C=O) groups excluding carboxylic acids is 2. The quantitative estimate of drug-likeness (QED) is 0.661. The highest BCUT2D eigenvalue weighted by molar-refractivity contribution is 7.89. The Labute approximate surface area is 181 Å². The summed E-state index contributed by atoms with van der Waals surface area (Å²) in [6, 6.07) is 13.2. The zero-order valence-corrected chi connectivity index (χ0v) is 18.2. The van der Waals surface area contributed by atoms with Crippen LogP contribution in [0, 0.1) is 6.92 Å². The zero-order valence-electron chi connectivity index (χ0n) is 16.6. The summed E-state index contributed by atoms with van der Waals surface area (Å²) < 4.78 is 27.3. The molecule has 0 saturated carbocycles. The largest absolute Gasteiger partial charge is 0.346 e. The van der Waals surface area contributed by atoms with Gasteiger partial charge in [-0.05, 0) is 49.6 Å². The van der Waals surface area contributed by atoms with E-state index in [9.17, 15) is 18.0 Å². The maximum atomic E-state index is 12.9. The lowest BCUT2D eigenvalue weighted by Crippen LogP contribution is -2.46. The van der Waals surface area contributed by atoms with Crippen LogP contribution in [0.15, 0.2) is 53.4 Å². The fourth-order valence-corrected chi connectivity index (χ4v) is 5.15. The third-order valence-electron chi connectivity index (χ3n) is 5.02. The van der Waals surface area contributed by atoms with Gasteiger partial charge in [0.15, 0.2) is 0 Å². The van der Waals surface area contributed by atoms with E-state index in [0.29, 0.717) is 24.4 Å². The van der Waals surface area contributed by atoms with Crippen molar-refractivity contribution in [3.8, 4) is 0 Å². The second kappa shape index (κ2) is 9.59. The Morgan fingerprint density at radius 3 is 2.33 bits per heavy atom. The molecule has 1 aliphatic rings. The molecule has 1 heterocycles. The monoisotopic (exact) mass is 449 g/mol. The summed E-state index contributed by atoms with van der Waals surface area (Å²) in [5, 5.41) is 5.68. The molecular weight excluding hydrogens is 426 g/mol. The van der Waals surface area contributed by atoms with E-state index in [-0.39, 0.29) is 24.0 Å². The number of nitrogens with one attached hydrogen (secondary N) is 2. The maximum absolute atomic E-state index is 12.9. The summed E-state index contributed by atoms with van der Waals surface area (Å²) >= 11 is 5.82. The number of amides is 2. The summed E-state index contributed by atoms with van der Waals surface area (Å²) in [5.74, 6) is -1.56. The van der Waals surface area contributed by atoms with E-state index < -0.39 is 21.8 Å². The highest BCUT2D eigenvalue weighted by atomic mass is 35.5. The maximum Gasteiger partial charge on any atom is 0.309 e. The highest BCUT2D eigenvalue weighted by Gasteiger charge is 2.35. The first kappa shape index (κ1) is 22.3. The van der Waals surface area contributed by atoms with E-state index in [1.165, 1.54) is 4.31 Å². The Kier molecular flexibility index (Phi) is 7.12. The summed E-state index contributed by atoms with van der Waals surface area (Å²) in [6.07, 6.45) is 1.33. The predicted molar refractivity (Wildman–Crippen MR) is 114 cm³/mol. The molecule has 1 atom stereocenters. The number of hydrogen-bond donors (Lipinski definition) is 2. The van der Waals surface area contributed by atoms with Crippen LogP contribution >= 0.6 is 11.6 Å². The van der Waals surface area contributed by atoms with Crippen LogP contribution < -0.4 is 10.6 Å². The van der Waals surface area contributed by atoms with Crippen LogP contribution in [0.25, 0.3) is 0 Å². The number of sulfonamides is 1. The van der Waals surface area contributed by atoms with E-state index in [4.69, 9.17) is 11.6 Å². The Morgan fingerprint density at radius 1 is 1.03 bits per heavy atom. The third kappa shape index (κ3) is 5.38. The van der Waals surface area contributed by atoms with Gasteiger partial charge in [0.1, 0.15) is 0 Å². The Morgan fingerprint density at radius 2 is 1.67 bits per heavy atom. The van der Waals surface area contributed by atoms with Gasteiger partial charge >= 0.3 is 11.8 Å². The van der Waals surface area contributed by atoms with Crippen LogP contribution in [-0.2, 0) is 26.2 Å². The Hall–Kier alpha value is -2.42. The second-order valence-corrected chi connectivity index (χ2v) is 9.57. The number of halogens is 1. The summed E-state index contributed by atoms with van der Waals surface area (Å²) in [6.45, 7) is 2.56. The average Bonchev–Trinajstić information content (AvgIpc) is 3.21. The van der Waals surface area contributed by atoms with Crippen molar-refractivity contribution in [3.63, 3.8) is 0 Å². The van der Waals surface area contributed by atoms with Crippen molar-refractivity contribution in [2.75, 3.05) is 13.1 Å². The summed E-state index contributed by atoms with van der Waals surface area (Å²) in [5.41, 5.74) is 1.79. The van der Waals surface area contributed by atoms with Gasteiger partial charge in [0.25, 0.3) is 0 Å². The first-order valence-electron chi connectivity index (χ1n) is 9.66. The van der Waals surface area contributed by atoms with Gasteiger partial charge in [-0.15, -0.1) is 0 Å². The fraction of sp³-hybridized carbons (Fsp3) is 0.333. The standard InChI is InChI=1S/C21H24ClN3O4S/c1-15-4-10-19(11-5-15)30(28,29)25-12-2-3-18(25)14-24-21(27)20(26)23-13-16-6-8-17(22)9-7-16/h4-11,18H,2-3,12-14H2,1H3,(H,23,26)(H,24,27). The molecule has 1 aliphatic heterocycles. The van der Waals surface area contributed by atoms with Gasteiger partial charge in [0.2, 0.25) is 10.0 Å². The molecule has 3 rings (SSSR count). The van der Waals surface area contributed by atoms with Gasteiger partial charge in [-0.2, -0.15) is 4.31 Å². The highest BCUT2D eigenvalue weighted by Crippen LogP contribution is 2.26. The minimum Gasteiger partial charge on any atom is -0.346 e. The normalized spacial score (nSPS) is 16.9. The van der Waals surface area contributed by atoms with Crippen molar-refractivity contribution in [1.82, 2.24) is 14.9 Å². The number of aryl methyl sites for hydroxylation is 1. The molecule has 1 unspecified atom stereocenters. The molecule has 30 heavy (non-hydrogen) atoms. The van der Waals surface area contributed by atoms with E-state index in [1.54, 1.807) is 48.5 Å². The lowest BCUT2D eigenvalue weighted by molar-refractivity contribution is -0.139. The summed E-state index contributed by atoms with van der Waals surface area (Å²) in [4.78, 5) is 24.4. The molecule has 2 amide bonds. The molecule has 0 spiro atoms. The fourth-order valence-electron chi connectivity index (χ4n) is 3.33. The van der Waals surface area contributed by atoms with Gasteiger partial charge in [0, 0.05) is 30.7 Å². The number of rotatable bonds is 6. The first-order valence-corrected chi connectivity index (χ1v) is 11.5. The molecule has 160 valence electrons. The van der Waals surface area contributed by atoms with E-state index in [0.717, 1.165) is 11.1 Å². The van der Waals surface area contributed by atoms with Crippen molar-refractivity contribution < 1.29 is 18.0 Å². The van der Waals surface area contributed by atoms with E-state index in [1.807, 2.05) is 6.92 Å². The molecule has 2 aromatic rings. The predicted octanol–water partition coefficient (Wildman–Crippen LogP) is 2.23. The number of hydrogen-bond acceptors (Lipinski definition) is 4. The molecule has 1 saturated heterocycles. The molecule has 0 radical (unpaired) electrons. The van der Waals surface area contributed by atoms with Crippen LogP contribution in [0.3, 0.4) is 0 Å². The van der Waals surface area contributed by atoms with Gasteiger partial charge in [0.05, 0.1) is 4.90 Å². The molecule has 1 fully saturated rings. The molecule has 9 heteroatoms. The number of carbonyl (C=O) groups is 2. The van der Waals surface area contributed by atoms with E-state index >= 15 is 0 Å². The lowest BCUT2D eigenvalue weighted by atomic mass is 10.2. The number of nitrogens with zero attached hydrogens (tertiary/aromatic N) is 1. The van der Waals surface area contributed by atoms with Crippen LogP contribution in [-0.4, -0.2) is 43.7 Å². The van der Waals surface area contributed by atoms with Gasteiger partial charge in [-0.3, -0.25) is 9.59 Å². The van der Waals surface area contributed by atoms with Gasteiger partial charge in [-0.1, -0.05) is 41.4 Å². The molecule has 0 bridgehead atoms. The summed E-state index contributed by atoms with van der Waals surface area (Å²) in [7, 11) is -3.65. The van der Waals surface area contributed by atoms with Gasteiger partial charge in [-0.25, -0.2) is 8.42 Å². The van der Waals surface area contributed by atoms with Crippen LogP contribution in [0.4, 0.5) is 0 Å². The Bertz CT molecular complexity index is 1010. The van der Waals surface area contributed by atoms with Crippen molar-refractivity contribution in [2.24, 2.45) is 0 Å². The minimum atomic E-state index is -3.65. The lowest BCUT2D eigenvalue weighted by Gasteiger charge is -2.24. The van der Waals surface area contributed by atoms with Crippen molar-refractivity contribution >= 4 is 33.4 Å². The minimum absolute atomic E-state index is 0.0816. The van der Waals surface area contributed by atoms with Crippen LogP contribution in [0.2, 0.25) is 5.02 Å². The molecule has 2 N–H and O–H groups in total. The molecule has 2 aromatic carbocycles. The number of benzene rings is 2. The third-order valence-corrected chi connectivity index (χ3v) is 7.24.